The predicted molar refractivity (Wildman–Crippen MR) is 71.8 cm³/mol. The summed E-state index contributed by atoms with van der Waals surface area (Å²) >= 11 is 0. The SMILES string of the molecule is Nn1c(C2CCCCC2)nnc1C1CCCCC1. The molecule has 1 aromatic rings. The Labute approximate surface area is 109 Å². The third-order valence-electron chi connectivity index (χ3n) is 4.69. The number of rotatable bonds is 2. The molecule has 0 unspecified atom stereocenters. The average molecular weight is 248 g/mol. The Morgan fingerprint density at radius 3 is 1.50 bits per heavy atom. The number of hydrogen-bond acceptors (Lipinski definition) is 3. The molecule has 3 rings (SSSR count). The van der Waals surface area contributed by atoms with E-state index in [1.807, 2.05) is 4.68 Å². The number of nitrogens with two attached hydrogens (primary N) is 1. The van der Waals surface area contributed by atoms with Gasteiger partial charge < -0.3 is 5.84 Å². The Hall–Kier alpha value is -1.06. The molecule has 0 amide bonds. The van der Waals surface area contributed by atoms with Gasteiger partial charge in [-0.2, -0.15) is 0 Å². The van der Waals surface area contributed by atoms with E-state index in [-0.39, 0.29) is 0 Å². The van der Waals surface area contributed by atoms with Gasteiger partial charge >= 0.3 is 0 Å². The van der Waals surface area contributed by atoms with E-state index in [4.69, 9.17) is 5.84 Å². The molecule has 2 saturated carbocycles. The van der Waals surface area contributed by atoms with E-state index in [0.29, 0.717) is 11.8 Å². The van der Waals surface area contributed by atoms with E-state index in [9.17, 15) is 0 Å². The van der Waals surface area contributed by atoms with Crippen molar-refractivity contribution in [3.63, 3.8) is 0 Å². The molecule has 0 bridgehead atoms. The largest absolute Gasteiger partial charge is 0.336 e. The quantitative estimate of drug-likeness (QED) is 0.818. The van der Waals surface area contributed by atoms with E-state index in [0.717, 1.165) is 11.6 Å². The van der Waals surface area contributed by atoms with Gasteiger partial charge in [0.05, 0.1) is 0 Å². The minimum atomic E-state index is 0.550. The molecule has 100 valence electrons. The molecule has 0 aromatic carbocycles. The summed E-state index contributed by atoms with van der Waals surface area (Å²) in [4.78, 5) is 0. The van der Waals surface area contributed by atoms with Gasteiger partial charge in [-0.1, -0.05) is 38.5 Å². The zero-order valence-corrected chi connectivity index (χ0v) is 11.1. The molecule has 0 atom stereocenters. The monoisotopic (exact) mass is 248 g/mol. The van der Waals surface area contributed by atoms with Crippen molar-refractivity contribution in [2.24, 2.45) is 0 Å². The fourth-order valence-corrected chi connectivity index (χ4v) is 3.59. The molecule has 0 spiro atoms. The number of hydrogen-bond donors (Lipinski definition) is 1. The number of nitrogen functional groups attached to an aromatic ring is 1. The Morgan fingerprint density at radius 2 is 1.11 bits per heavy atom. The van der Waals surface area contributed by atoms with Crippen molar-refractivity contribution in [1.29, 1.82) is 0 Å². The van der Waals surface area contributed by atoms with Crippen LogP contribution in [0.1, 0.15) is 87.7 Å². The molecule has 2 fully saturated rings. The zero-order valence-electron chi connectivity index (χ0n) is 11.1. The molecule has 4 nitrogen and oxygen atoms in total. The van der Waals surface area contributed by atoms with Crippen LogP contribution in [0.2, 0.25) is 0 Å². The smallest absolute Gasteiger partial charge is 0.154 e. The van der Waals surface area contributed by atoms with E-state index < -0.39 is 0 Å². The van der Waals surface area contributed by atoms with Crippen LogP contribution in [0.15, 0.2) is 0 Å². The summed E-state index contributed by atoms with van der Waals surface area (Å²) in [5.41, 5.74) is 0. The third kappa shape index (κ3) is 2.25. The van der Waals surface area contributed by atoms with Crippen molar-refractivity contribution in [1.82, 2.24) is 14.9 Å². The molecule has 1 aromatic heterocycles. The molecule has 4 heteroatoms. The van der Waals surface area contributed by atoms with Gasteiger partial charge in [-0.05, 0) is 25.7 Å². The van der Waals surface area contributed by atoms with Crippen LogP contribution >= 0.6 is 0 Å². The van der Waals surface area contributed by atoms with Gasteiger partial charge in [0.1, 0.15) is 0 Å². The molecule has 0 aliphatic heterocycles. The minimum absolute atomic E-state index is 0.550. The van der Waals surface area contributed by atoms with Gasteiger partial charge in [-0.15, -0.1) is 10.2 Å². The van der Waals surface area contributed by atoms with Crippen LogP contribution in [0.3, 0.4) is 0 Å². The van der Waals surface area contributed by atoms with Gasteiger partial charge in [-0.3, -0.25) is 0 Å². The molecule has 18 heavy (non-hydrogen) atoms. The van der Waals surface area contributed by atoms with E-state index in [2.05, 4.69) is 10.2 Å². The molecule has 2 N–H and O–H groups in total. The Kier molecular flexibility index (Phi) is 3.52. The highest BCUT2D eigenvalue weighted by molar-refractivity contribution is 5.07. The summed E-state index contributed by atoms with van der Waals surface area (Å²) in [7, 11) is 0. The van der Waals surface area contributed by atoms with Gasteiger partial charge in [0.25, 0.3) is 0 Å². The van der Waals surface area contributed by atoms with E-state index in [1.54, 1.807) is 0 Å². The first kappa shape index (κ1) is 12.0. The zero-order chi connectivity index (χ0) is 12.4. The fraction of sp³-hybridized carbons (Fsp3) is 0.857. The highest BCUT2D eigenvalue weighted by atomic mass is 15.4. The maximum Gasteiger partial charge on any atom is 0.154 e. The third-order valence-corrected chi connectivity index (χ3v) is 4.69. The van der Waals surface area contributed by atoms with Gasteiger partial charge in [0.15, 0.2) is 11.6 Å². The fourth-order valence-electron chi connectivity index (χ4n) is 3.59. The molecule has 2 aliphatic rings. The molecule has 2 aliphatic carbocycles. The maximum absolute atomic E-state index is 6.26. The van der Waals surface area contributed by atoms with Crippen molar-refractivity contribution in [3.8, 4) is 0 Å². The van der Waals surface area contributed by atoms with E-state index >= 15 is 0 Å². The summed E-state index contributed by atoms with van der Waals surface area (Å²) in [5, 5.41) is 8.81. The second kappa shape index (κ2) is 5.29. The molecule has 1 heterocycles. The normalized spacial score (nSPS) is 23.3. The van der Waals surface area contributed by atoms with Crippen molar-refractivity contribution in [2.75, 3.05) is 5.84 Å². The Bertz CT molecular complexity index is 351. The van der Waals surface area contributed by atoms with Crippen molar-refractivity contribution in [3.05, 3.63) is 11.6 Å². The first-order valence-electron chi connectivity index (χ1n) is 7.56. The number of aromatic nitrogens is 3. The predicted octanol–water partition coefficient (Wildman–Crippen LogP) is 3.09. The summed E-state index contributed by atoms with van der Waals surface area (Å²) in [5.74, 6) is 9.43. The summed E-state index contributed by atoms with van der Waals surface area (Å²) in [6, 6.07) is 0. The lowest BCUT2D eigenvalue weighted by molar-refractivity contribution is 0.409. The van der Waals surface area contributed by atoms with Gasteiger partial charge in [-0.25, -0.2) is 4.68 Å². The van der Waals surface area contributed by atoms with Crippen molar-refractivity contribution < 1.29 is 0 Å². The van der Waals surface area contributed by atoms with Crippen LogP contribution in [0.4, 0.5) is 0 Å². The summed E-state index contributed by atoms with van der Waals surface area (Å²) < 4.78 is 1.83. The van der Waals surface area contributed by atoms with Crippen molar-refractivity contribution in [2.45, 2.75) is 76.0 Å². The first-order chi connectivity index (χ1) is 8.86. The topological polar surface area (TPSA) is 56.7 Å². The maximum atomic E-state index is 6.26. The average Bonchev–Trinajstić information content (AvgIpc) is 2.83. The van der Waals surface area contributed by atoms with Crippen LogP contribution < -0.4 is 5.84 Å². The van der Waals surface area contributed by atoms with Gasteiger partial charge in [0, 0.05) is 11.8 Å². The standard InChI is InChI=1S/C14H24N4/c15-18-13(11-7-3-1-4-8-11)16-17-14(18)12-9-5-2-6-10-12/h11-12H,1-10,15H2. The number of nitrogens with zero attached hydrogens (tertiary/aromatic N) is 3. The molecule has 0 saturated heterocycles. The highest BCUT2D eigenvalue weighted by Crippen LogP contribution is 2.35. The lowest BCUT2D eigenvalue weighted by atomic mass is 9.88. The van der Waals surface area contributed by atoms with Crippen LogP contribution in [-0.2, 0) is 0 Å². The lowest BCUT2D eigenvalue weighted by Gasteiger charge is -2.23. The summed E-state index contributed by atoms with van der Waals surface area (Å²) in [6.07, 6.45) is 12.9. The second-order valence-electron chi connectivity index (χ2n) is 5.96. The molecular formula is C14H24N4. The van der Waals surface area contributed by atoms with Crippen LogP contribution in [-0.4, -0.2) is 14.9 Å². The van der Waals surface area contributed by atoms with Crippen molar-refractivity contribution >= 4 is 0 Å². The first-order valence-corrected chi connectivity index (χ1v) is 7.56. The van der Waals surface area contributed by atoms with Crippen LogP contribution in [0.25, 0.3) is 0 Å². The minimum Gasteiger partial charge on any atom is -0.336 e. The van der Waals surface area contributed by atoms with E-state index in [1.165, 1.54) is 64.2 Å². The van der Waals surface area contributed by atoms with Gasteiger partial charge in [0.2, 0.25) is 0 Å². The van der Waals surface area contributed by atoms with Crippen LogP contribution in [0.5, 0.6) is 0 Å². The molecular weight excluding hydrogens is 224 g/mol. The van der Waals surface area contributed by atoms with Crippen LogP contribution in [0, 0.1) is 0 Å². The highest BCUT2D eigenvalue weighted by Gasteiger charge is 2.26. The summed E-state index contributed by atoms with van der Waals surface area (Å²) in [6.45, 7) is 0. The molecule has 0 radical (unpaired) electrons. The lowest BCUT2D eigenvalue weighted by Crippen LogP contribution is -2.22. The second-order valence-corrected chi connectivity index (χ2v) is 5.96. The Balaban J connectivity index is 1.78. The Morgan fingerprint density at radius 1 is 0.722 bits per heavy atom.